The number of hydrogen-bond acceptors (Lipinski definition) is 3. The van der Waals surface area contributed by atoms with Crippen LogP contribution in [0.4, 0.5) is 0 Å². The second-order valence-corrected chi connectivity index (χ2v) is 11.8. The third-order valence-electron chi connectivity index (χ3n) is 5.37. The molecule has 0 aromatic rings. The van der Waals surface area contributed by atoms with Gasteiger partial charge in [0.2, 0.25) is 0 Å². The van der Waals surface area contributed by atoms with Crippen LogP contribution in [-0.2, 0) is 9.36 Å². The Morgan fingerprint density at radius 1 is 0.815 bits per heavy atom. The molecule has 0 unspecified atom stereocenters. The summed E-state index contributed by atoms with van der Waals surface area (Å²) in [6.45, 7) is 8.23. The van der Waals surface area contributed by atoms with Gasteiger partial charge >= 0.3 is 5.97 Å². The predicted molar refractivity (Wildman–Crippen MR) is 118 cm³/mol. The molecule has 0 fully saturated rings. The van der Waals surface area contributed by atoms with Crippen molar-refractivity contribution in [3.63, 3.8) is 0 Å². The minimum absolute atomic E-state index is 0.000891. The number of carboxylic acid groups (broad SMARTS) is 1. The Labute approximate surface area is 168 Å². The van der Waals surface area contributed by atoms with Gasteiger partial charge in [-0.15, -0.1) is 0 Å². The Bertz CT molecular complexity index is 392. The number of rotatable bonds is 19. The molecule has 0 radical (unpaired) electrons. The van der Waals surface area contributed by atoms with Crippen LogP contribution in [-0.4, -0.2) is 35.7 Å². The number of carbonyl (C=O) groups is 1. The van der Waals surface area contributed by atoms with Crippen LogP contribution in [0.1, 0.15) is 105 Å². The van der Waals surface area contributed by atoms with Gasteiger partial charge in [0.15, 0.2) is 0 Å². The van der Waals surface area contributed by atoms with Crippen molar-refractivity contribution >= 4 is 13.1 Å². The van der Waals surface area contributed by atoms with Crippen molar-refractivity contribution in [1.82, 2.24) is 5.32 Å². The van der Waals surface area contributed by atoms with Crippen molar-refractivity contribution in [1.29, 1.82) is 0 Å². The van der Waals surface area contributed by atoms with Crippen molar-refractivity contribution in [2.75, 3.05) is 18.6 Å². The second-order valence-electron chi connectivity index (χ2n) is 8.46. The Morgan fingerprint density at radius 2 is 1.22 bits per heavy atom. The molecule has 0 bridgehead atoms. The number of nitrogens with one attached hydrogen (secondary N) is 1. The van der Waals surface area contributed by atoms with Gasteiger partial charge in [-0.25, -0.2) is 0 Å². The van der Waals surface area contributed by atoms with Gasteiger partial charge in [0.1, 0.15) is 13.2 Å². The summed E-state index contributed by atoms with van der Waals surface area (Å²) in [5.74, 6) is -0.838. The van der Waals surface area contributed by atoms with Crippen LogP contribution in [0, 0.1) is 5.92 Å². The predicted octanol–water partition coefficient (Wildman–Crippen LogP) is 6.73. The van der Waals surface area contributed by atoms with Gasteiger partial charge in [0.25, 0.3) is 0 Å². The molecule has 0 amide bonds. The fourth-order valence-corrected chi connectivity index (χ4v) is 6.17. The van der Waals surface area contributed by atoms with Crippen LogP contribution in [0.2, 0.25) is 0 Å². The lowest BCUT2D eigenvalue weighted by atomic mass is 10.1. The first kappa shape index (κ1) is 26.7. The second kappa shape index (κ2) is 16.6. The smallest absolute Gasteiger partial charge is 0.320 e. The summed E-state index contributed by atoms with van der Waals surface area (Å²) >= 11 is 0. The Balaban J connectivity index is 4.48. The molecular formula is C22H46NO3P. The standard InChI is InChI=1S/C22H46NO3P/c1-5-7-9-11-13-15-17-27(26,18-16-14-12-10-8-6-2)19-23-21(20(3)4)22(24)25/h20-21,23H,5-19H2,1-4H3,(H,24,25)/t21-/m0/s1. The van der Waals surface area contributed by atoms with Crippen LogP contribution in [0.25, 0.3) is 0 Å². The van der Waals surface area contributed by atoms with Crippen LogP contribution in [0.5, 0.6) is 0 Å². The molecule has 4 nitrogen and oxygen atoms in total. The quantitative estimate of drug-likeness (QED) is 0.185. The molecule has 1 atom stereocenters. The summed E-state index contributed by atoms with van der Waals surface area (Å²) in [6, 6.07) is -0.604. The zero-order chi connectivity index (χ0) is 20.5. The van der Waals surface area contributed by atoms with E-state index in [9.17, 15) is 14.5 Å². The first-order valence-corrected chi connectivity index (χ1v) is 13.7. The normalized spacial score (nSPS) is 13.2. The maximum absolute atomic E-state index is 13.5. The van der Waals surface area contributed by atoms with Crippen LogP contribution in [0.15, 0.2) is 0 Å². The Hall–Kier alpha value is -0.340. The van der Waals surface area contributed by atoms with Gasteiger partial charge in [-0.3, -0.25) is 10.1 Å². The third kappa shape index (κ3) is 14.3. The molecule has 0 aromatic heterocycles. The van der Waals surface area contributed by atoms with E-state index in [0.717, 1.165) is 38.0 Å². The molecule has 0 rings (SSSR count). The molecule has 162 valence electrons. The minimum atomic E-state index is -2.34. The average molecular weight is 404 g/mol. The van der Waals surface area contributed by atoms with Crippen molar-refractivity contribution in [2.24, 2.45) is 5.92 Å². The molecule has 0 aromatic carbocycles. The topological polar surface area (TPSA) is 66.4 Å². The number of carboxylic acids is 1. The van der Waals surface area contributed by atoms with Gasteiger partial charge in [-0.2, -0.15) is 0 Å². The van der Waals surface area contributed by atoms with E-state index in [1.54, 1.807) is 0 Å². The van der Waals surface area contributed by atoms with E-state index in [1.165, 1.54) is 51.4 Å². The zero-order valence-electron chi connectivity index (χ0n) is 18.5. The highest BCUT2D eigenvalue weighted by molar-refractivity contribution is 7.63. The molecule has 0 aliphatic carbocycles. The largest absolute Gasteiger partial charge is 0.480 e. The van der Waals surface area contributed by atoms with Crippen molar-refractivity contribution in [3.05, 3.63) is 0 Å². The summed E-state index contributed by atoms with van der Waals surface area (Å²) in [7, 11) is -2.34. The molecule has 0 aliphatic rings. The van der Waals surface area contributed by atoms with Gasteiger partial charge in [0, 0.05) is 18.6 Å². The van der Waals surface area contributed by atoms with Crippen molar-refractivity contribution < 1.29 is 14.5 Å². The monoisotopic (exact) mass is 403 g/mol. The van der Waals surface area contributed by atoms with Gasteiger partial charge < -0.3 is 9.67 Å². The number of unbranched alkanes of at least 4 members (excludes halogenated alkanes) is 10. The molecule has 0 heterocycles. The summed E-state index contributed by atoms with van der Waals surface area (Å²) < 4.78 is 13.5. The van der Waals surface area contributed by atoms with E-state index < -0.39 is 19.2 Å². The molecule has 27 heavy (non-hydrogen) atoms. The molecule has 2 N–H and O–H groups in total. The van der Waals surface area contributed by atoms with E-state index >= 15 is 0 Å². The molecule has 0 saturated carbocycles. The zero-order valence-corrected chi connectivity index (χ0v) is 19.4. The lowest BCUT2D eigenvalue weighted by Crippen LogP contribution is -2.41. The molecule has 0 spiro atoms. The maximum atomic E-state index is 13.5. The first-order valence-electron chi connectivity index (χ1n) is 11.4. The lowest BCUT2D eigenvalue weighted by molar-refractivity contribution is -0.140. The molecule has 5 heteroatoms. The summed E-state index contributed by atoms with van der Waals surface area (Å²) in [5, 5.41) is 12.5. The average Bonchev–Trinajstić information content (AvgIpc) is 2.60. The molecule has 0 aliphatic heterocycles. The Morgan fingerprint density at radius 3 is 1.59 bits per heavy atom. The summed E-state index contributed by atoms with van der Waals surface area (Å²) in [6.07, 6.45) is 16.3. The van der Waals surface area contributed by atoms with Crippen LogP contribution < -0.4 is 5.32 Å². The SMILES string of the molecule is CCCCCCCCP(=O)(CCCCCCCC)CN[C@H](C(=O)O)C(C)C. The molecule has 0 saturated heterocycles. The number of aliphatic carboxylic acids is 1. The summed E-state index contributed by atoms with van der Waals surface area (Å²) in [4.78, 5) is 11.4. The van der Waals surface area contributed by atoms with Gasteiger partial charge in [-0.05, 0) is 18.8 Å². The maximum Gasteiger partial charge on any atom is 0.320 e. The lowest BCUT2D eigenvalue weighted by Gasteiger charge is -2.24. The molecular weight excluding hydrogens is 357 g/mol. The van der Waals surface area contributed by atoms with Gasteiger partial charge in [0.05, 0.1) is 0 Å². The van der Waals surface area contributed by atoms with Crippen LogP contribution in [0.3, 0.4) is 0 Å². The highest BCUT2D eigenvalue weighted by Crippen LogP contribution is 2.46. The fourth-order valence-electron chi connectivity index (χ4n) is 3.50. The third-order valence-corrected chi connectivity index (χ3v) is 8.39. The Kier molecular flexibility index (Phi) is 16.4. The van der Waals surface area contributed by atoms with Crippen molar-refractivity contribution in [3.8, 4) is 0 Å². The number of hydrogen-bond donors (Lipinski definition) is 2. The van der Waals surface area contributed by atoms with Gasteiger partial charge in [-0.1, -0.05) is 91.9 Å². The van der Waals surface area contributed by atoms with Crippen molar-refractivity contribution in [2.45, 2.75) is 111 Å². The highest BCUT2D eigenvalue weighted by Gasteiger charge is 2.26. The summed E-state index contributed by atoms with van der Waals surface area (Å²) in [5.41, 5.74) is 0. The van der Waals surface area contributed by atoms with Crippen LogP contribution >= 0.6 is 7.14 Å². The van der Waals surface area contributed by atoms with E-state index in [2.05, 4.69) is 19.2 Å². The minimum Gasteiger partial charge on any atom is -0.480 e. The highest BCUT2D eigenvalue weighted by atomic mass is 31.2. The fraction of sp³-hybridized carbons (Fsp3) is 0.955. The van der Waals surface area contributed by atoms with E-state index in [1.807, 2.05) is 13.8 Å². The first-order chi connectivity index (χ1) is 12.9. The van der Waals surface area contributed by atoms with E-state index in [0.29, 0.717) is 6.29 Å². The van der Waals surface area contributed by atoms with E-state index in [4.69, 9.17) is 0 Å². The van der Waals surface area contributed by atoms with E-state index in [-0.39, 0.29) is 5.92 Å².